The summed E-state index contributed by atoms with van der Waals surface area (Å²) in [7, 11) is 3.23. The lowest BCUT2D eigenvalue weighted by molar-refractivity contribution is 0.0993. The number of benzene rings is 2. The van der Waals surface area contributed by atoms with E-state index >= 15 is 0 Å². The first kappa shape index (κ1) is 16.9. The first-order valence-electron chi connectivity index (χ1n) is 8.54. The molecule has 1 aromatic heterocycles. The molecule has 0 fully saturated rings. The second-order valence-electron chi connectivity index (χ2n) is 6.09. The molecule has 0 unspecified atom stereocenters. The Morgan fingerprint density at radius 2 is 1.74 bits per heavy atom. The molecule has 0 radical (unpaired) electrons. The molecule has 2 aromatic carbocycles. The number of ether oxygens (including phenoxy) is 2. The van der Waals surface area contributed by atoms with Crippen molar-refractivity contribution in [2.45, 2.75) is 6.17 Å². The van der Waals surface area contributed by atoms with Crippen LogP contribution in [0, 0.1) is 0 Å². The normalized spacial score (nSPS) is 15.4. The Hall–Kier alpha value is -3.54. The van der Waals surface area contributed by atoms with E-state index in [1.807, 2.05) is 48.5 Å². The van der Waals surface area contributed by atoms with Crippen molar-refractivity contribution < 1.29 is 14.3 Å². The van der Waals surface area contributed by atoms with Crippen molar-refractivity contribution in [3.05, 3.63) is 78.1 Å². The molecule has 1 aliphatic heterocycles. The van der Waals surface area contributed by atoms with Crippen LogP contribution in [0.1, 0.15) is 22.2 Å². The van der Waals surface area contributed by atoms with E-state index in [2.05, 4.69) is 10.3 Å². The van der Waals surface area contributed by atoms with Crippen LogP contribution in [0.5, 0.6) is 11.5 Å². The summed E-state index contributed by atoms with van der Waals surface area (Å²) in [6.45, 7) is 0. The number of pyridine rings is 1. The first-order valence-corrected chi connectivity index (χ1v) is 8.54. The van der Waals surface area contributed by atoms with Crippen LogP contribution in [0.15, 0.2) is 66.9 Å². The van der Waals surface area contributed by atoms with Crippen LogP contribution in [-0.2, 0) is 0 Å². The highest BCUT2D eigenvalue weighted by Gasteiger charge is 2.39. The summed E-state index contributed by atoms with van der Waals surface area (Å²) in [5, 5.41) is 3.41. The standard InChI is InChI=1S/C21H19N3O3/c1-26-16-10-8-14(9-11-16)23-20-19-18(7-4-12-22-19)21(25)24(20)15-5-3-6-17(13-15)27-2/h3-13,20,23H,1-2H3/t20-/m1/s1. The van der Waals surface area contributed by atoms with Crippen molar-refractivity contribution in [2.75, 3.05) is 24.4 Å². The van der Waals surface area contributed by atoms with Gasteiger partial charge in [0, 0.05) is 18.0 Å². The van der Waals surface area contributed by atoms with Crippen LogP contribution >= 0.6 is 0 Å². The van der Waals surface area contributed by atoms with Crippen LogP contribution in [0.3, 0.4) is 0 Å². The number of anilines is 2. The second-order valence-corrected chi connectivity index (χ2v) is 6.09. The van der Waals surface area contributed by atoms with Gasteiger partial charge in [0.1, 0.15) is 11.5 Å². The molecule has 2 heterocycles. The molecule has 1 aliphatic rings. The zero-order valence-electron chi connectivity index (χ0n) is 15.0. The highest BCUT2D eigenvalue weighted by atomic mass is 16.5. The van der Waals surface area contributed by atoms with Gasteiger partial charge in [-0.3, -0.25) is 14.7 Å². The molecule has 136 valence electrons. The highest BCUT2D eigenvalue weighted by Crippen LogP contribution is 2.38. The predicted molar refractivity (Wildman–Crippen MR) is 103 cm³/mol. The second kappa shape index (κ2) is 6.99. The number of aromatic nitrogens is 1. The van der Waals surface area contributed by atoms with E-state index in [9.17, 15) is 4.79 Å². The van der Waals surface area contributed by atoms with Crippen molar-refractivity contribution in [2.24, 2.45) is 0 Å². The lowest BCUT2D eigenvalue weighted by atomic mass is 10.2. The summed E-state index contributed by atoms with van der Waals surface area (Å²) in [5.41, 5.74) is 2.89. The lowest BCUT2D eigenvalue weighted by Crippen LogP contribution is -2.32. The SMILES string of the molecule is COc1ccc(N[C@H]2c3ncccc3C(=O)N2c2cccc(OC)c2)cc1. The predicted octanol–water partition coefficient (Wildman–Crippen LogP) is 3.87. The van der Waals surface area contributed by atoms with Gasteiger partial charge in [-0.25, -0.2) is 0 Å². The molecule has 0 spiro atoms. The van der Waals surface area contributed by atoms with Gasteiger partial charge in [-0.1, -0.05) is 6.07 Å². The maximum atomic E-state index is 13.1. The molecule has 0 aliphatic carbocycles. The Bertz CT molecular complexity index is 972. The topological polar surface area (TPSA) is 63.7 Å². The van der Waals surface area contributed by atoms with Crippen molar-refractivity contribution in [3.63, 3.8) is 0 Å². The average Bonchev–Trinajstić information content (AvgIpc) is 3.00. The molecule has 6 nitrogen and oxygen atoms in total. The summed E-state index contributed by atoms with van der Waals surface area (Å²) < 4.78 is 10.5. The third-order valence-electron chi connectivity index (χ3n) is 4.53. The van der Waals surface area contributed by atoms with E-state index in [0.29, 0.717) is 17.0 Å². The van der Waals surface area contributed by atoms with Crippen molar-refractivity contribution in [3.8, 4) is 11.5 Å². The van der Waals surface area contributed by atoms with Gasteiger partial charge in [0.2, 0.25) is 0 Å². The van der Waals surface area contributed by atoms with Crippen molar-refractivity contribution >= 4 is 17.3 Å². The quantitative estimate of drug-likeness (QED) is 0.747. The molecular weight excluding hydrogens is 342 g/mol. The maximum absolute atomic E-state index is 13.1. The average molecular weight is 361 g/mol. The number of rotatable bonds is 5. The summed E-state index contributed by atoms with van der Waals surface area (Å²) in [6, 6.07) is 18.6. The summed E-state index contributed by atoms with van der Waals surface area (Å²) in [4.78, 5) is 19.2. The smallest absolute Gasteiger partial charge is 0.262 e. The first-order chi connectivity index (χ1) is 13.2. The summed E-state index contributed by atoms with van der Waals surface area (Å²) >= 11 is 0. The van der Waals surface area contributed by atoms with E-state index in [4.69, 9.17) is 9.47 Å². The van der Waals surface area contributed by atoms with Gasteiger partial charge in [0.05, 0.1) is 31.2 Å². The van der Waals surface area contributed by atoms with Crippen LogP contribution in [0.2, 0.25) is 0 Å². The number of hydrogen-bond acceptors (Lipinski definition) is 5. The Balaban J connectivity index is 1.75. The van der Waals surface area contributed by atoms with Crippen LogP contribution in [-0.4, -0.2) is 25.1 Å². The van der Waals surface area contributed by atoms with E-state index in [0.717, 1.165) is 17.1 Å². The molecule has 1 amide bonds. The van der Waals surface area contributed by atoms with Crippen molar-refractivity contribution in [1.82, 2.24) is 4.98 Å². The lowest BCUT2D eigenvalue weighted by Gasteiger charge is -2.27. The summed E-state index contributed by atoms with van der Waals surface area (Å²) in [6.07, 6.45) is 1.28. The third-order valence-corrected chi connectivity index (χ3v) is 4.53. The molecule has 0 saturated carbocycles. The van der Waals surface area contributed by atoms with Crippen LogP contribution < -0.4 is 19.7 Å². The monoisotopic (exact) mass is 361 g/mol. The third kappa shape index (κ3) is 3.06. The number of methoxy groups -OCH3 is 2. The zero-order valence-corrected chi connectivity index (χ0v) is 15.0. The van der Waals surface area contributed by atoms with Gasteiger partial charge < -0.3 is 14.8 Å². The highest BCUT2D eigenvalue weighted by molar-refractivity contribution is 6.11. The Labute approximate surface area is 157 Å². The fraction of sp³-hybridized carbons (Fsp3) is 0.143. The van der Waals surface area contributed by atoms with Gasteiger partial charge in [-0.2, -0.15) is 0 Å². The fourth-order valence-electron chi connectivity index (χ4n) is 3.19. The minimum Gasteiger partial charge on any atom is -0.497 e. The molecule has 6 heteroatoms. The van der Waals surface area contributed by atoms with Crippen LogP contribution in [0.4, 0.5) is 11.4 Å². The van der Waals surface area contributed by atoms with Gasteiger partial charge in [0.15, 0.2) is 6.17 Å². The van der Waals surface area contributed by atoms with Crippen molar-refractivity contribution in [1.29, 1.82) is 0 Å². The van der Waals surface area contributed by atoms with Gasteiger partial charge >= 0.3 is 0 Å². The molecule has 3 aromatic rings. The molecule has 27 heavy (non-hydrogen) atoms. The van der Waals surface area contributed by atoms with Gasteiger partial charge in [0.25, 0.3) is 5.91 Å². The van der Waals surface area contributed by atoms with E-state index in [1.54, 1.807) is 37.4 Å². The maximum Gasteiger partial charge on any atom is 0.262 e. The van der Waals surface area contributed by atoms with Crippen LogP contribution in [0.25, 0.3) is 0 Å². The Kier molecular flexibility index (Phi) is 4.38. The molecule has 1 N–H and O–H groups in total. The number of nitrogens with zero attached hydrogens (tertiary/aromatic N) is 2. The number of amides is 1. The van der Waals surface area contributed by atoms with E-state index < -0.39 is 6.17 Å². The summed E-state index contributed by atoms with van der Waals surface area (Å²) in [5.74, 6) is 1.36. The molecule has 0 bridgehead atoms. The Morgan fingerprint density at radius 3 is 2.48 bits per heavy atom. The fourth-order valence-corrected chi connectivity index (χ4v) is 3.19. The molecule has 1 atom stereocenters. The minimum atomic E-state index is -0.422. The van der Waals surface area contributed by atoms with E-state index in [-0.39, 0.29) is 5.91 Å². The van der Waals surface area contributed by atoms with E-state index in [1.165, 1.54) is 0 Å². The Morgan fingerprint density at radius 1 is 0.963 bits per heavy atom. The number of carbonyl (C=O) groups excluding carboxylic acids is 1. The number of fused-ring (bicyclic) bond motifs is 1. The molecular formula is C21H19N3O3. The zero-order chi connectivity index (χ0) is 18.8. The number of nitrogens with one attached hydrogen (secondary N) is 1. The number of carbonyl (C=O) groups is 1. The minimum absolute atomic E-state index is 0.0997. The molecule has 4 rings (SSSR count). The van der Waals surface area contributed by atoms with Gasteiger partial charge in [-0.15, -0.1) is 0 Å². The molecule has 0 saturated heterocycles. The van der Waals surface area contributed by atoms with Gasteiger partial charge in [-0.05, 0) is 48.5 Å². The largest absolute Gasteiger partial charge is 0.497 e. The number of hydrogen-bond donors (Lipinski definition) is 1.